The number of nitrogens with one attached hydrogen (secondary N) is 2. The van der Waals surface area contributed by atoms with Gasteiger partial charge in [-0.25, -0.2) is 11.3 Å². The molecule has 0 saturated carbocycles. The number of hydrogen-bond acceptors (Lipinski definition) is 4. The topological polar surface area (TPSA) is 73.5 Å². The molecule has 0 amide bonds. The second-order valence-electron chi connectivity index (χ2n) is 2.36. The van der Waals surface area contributed by atoms with Crippen LogP contribution in [0.15, 0.2) is 0 Å². The Labute approximate surface area is 70.5 Å². The van der Waals surface area contributed by atoms with E-state index in [1.165, 1.54) is 5.01 Å². The van der Waals surface area contributed by atoms with Gasteiger partial charge in [0.1, 0.15) is 6.17 Å². The standard InChI is InChI=1S/C5H12N4OS/c6-9-4(2-1-3-10)7-8-5(9)11/h4,7,10H,1-3,6H2,(H,8,11). The first-order chi connectivity index (χ1) is 5.25. The minimum atomic E-state index is 0.00894. The third kappa shape index (κ3) is 2.00. The summed E-state index contributed by atoms with van der Waals surface area (Å²) in [6.45, 7) is 0.179. The van der Waals surface area contributed by atoms with Crippen molar-refractivity contribution in [2.45, 2.75) is 19.0 Å². The van der Waals surface area contributed by atoms with Gasteiger partial charge in [0.2, 0.25) is 0 Å². The highest BCUT2D eigenvalue weighted by Gasteiger charge is 2.23. The molecule has 1 heterocycles. The molecule has 64 valence electrons. The maximum Gasteiger partial charge on any atom is 0.199 e. The third-order valence-corrected chi connectivity index (χ3v) is 1.86. The Balaban J connectivity index is 2.30. The van der Waals surface area contributed by atoms with Crippen molar-refractivity contribution in [1.29, 1.82) is 0 Å². The van der Waals surface area contributed by atoms with Gasteiger partial charge in [-0.15, -0.1) is 0 Å². The molecule has 0 aliphatic carbocycles. The molecule has 0 bridgehead atoms. The van der Waals surface area contributed by atoms with E-state index in [0.717, 1.165) is 12.8 Å². The van der Waals surface area contributed by atoms with Crippen LogP contribution in [0.2, 0.25) is 0 Å². The van der Waals surface area contributed by atoms with Gasteiger partial charge in [-0.2, -0.15) is 0 Å². The average Bonchev–Trinajstić information content (AvgIpc) is 2.31. The molecule has 1 atom stereocenters. The average molecular weight is 176 g/mol. The summed E-state index contributed by atoms with van der Waals surface area (Å²) in [5, 5.41) is 10.5. The summed E-state index contributed by atoms with van der Waals surface area (Å²) in [4.78, 5) is 0. The van der Waals surface area contributed by atoms with Gasteiger partial charge in [-0.05, 0) is 25.1 Å². The van der Waals surface area contributed by atoms with Crippen LogP contribution in [0.1, 0.15) is 12.8 Å². The van der Waals surface area contributed by atoms with E-state index >= 15 is 0 Å². The molecular formula is C5H12N4OS. The first-order valence-corrected chi connectivity index (χ1v) is 3.87. The number of aliphatic hydroxyl groups is 1. The van der Waals surface area contributed by atoms with Crippen molar-refractivity contribution in [1.82, 2.24) is 15.9 Å². The van der Waals surface area contributed by atoms with Crippen LogP contribution in [-0.2, 0) is 0 Å². The fraction of sp³-hybridized carbons (Fsp3) is 0.800. The zero-order chi connectivity index (χ0) is 8.27. The van der Waals surface area contributed by atoms with Crippen molar-refractivity contribution in [3.8, 4) is 0 Å². The zero-order valence-electron chi connectivity index (χ0n) is 6.08. The Bertz CT molecular complexity index is 153. The summed E-state index contributed by atoms with van der Waals surface area (Å²) in [6, 6.07) is 0. The lowest BCUT2D eigenvalue weighted by atomic mass is 10.3. The zero-order valence-corrected chi connectivity index (χ0v) is 6.90. The van der Waals surface area contributed by atoms with Crippen LogP contribution in [-0.4, -0.2) is 28.0 Å². The molecule has 0 radical (unpaired) electrons. The Morgan fingerprint density at radius 1 is 1.73 bits per heavy atom. The van der Waals surface area contributed by atoms with E-state index in [9.17, 15) is 0 Å². The molecule has 11 heavy (non-hydrogen) atoms. The highest BCUT2D eigenvalue weighted by molar-refractivity contribution is 7.80. The van der Waals surface area contributed by atoms with Gasteiger partial charge in [-0.1, -0.05) is 0 Å². The van der Waals surface area contributed by atoms with Gasteiger partial charge >= 0.3 is 0 Å². The summed E-state index contributed by atoms with van der Waals surface area (Å²) in [5.41, 5.74) is 5.62. The maximum atomic E-state index is 8.54. The van der Waals surface area contributed by atoms with Gasteiger partial charge < -0.3 is 5.11 Å². The lowest BCUT2D eigenvalue weighted by molar-refractivity contribution is 0.241. The molecule has 5 N–H and O–H groups in total. The highest BCUT2D eigenvalue weighted by atomic mass is 32.1. The smallest absolute Gasteiger partial charge is 0.199 e. The number of hydrazine groups is 2. The summed E-state index contributed by atoms with van der Waals surface area (Å²) in [7, 11) is 0. The number of aliphatic hydroxyl groups excluding tert-OH is 1. The minimum Gasteiger partial charge on any atom is -0.396 e. The molecular weight excluding hydrogens is 164 g/mol. The van der Waals surface area contributed by atoms with Crippen LogP contribution in [0.5, 0.6) is 0 Å². The SMILES string of the molecule is NN1C(=S)NNC1CCCO. The summed E-state index contributed by atoms with van der Waals surface area (Å²) in [6.07, 6.45) is 1.50. The van der Waals surface area contributed by atoms with Crippen LogP contribution in [0, 0.1) is 0 Å². The molecule has 6 heteroatoms. The molecule has 1 unspecified atom stereocenters. The quantitative estimate of drug-likeness (QED) is 0.315. The fourth-order valence-electron chi connectivity index (χ4n) is 0.917. The summed E-state index contributed by atoms with van der Waals surface area (Å²) >= 11 is 4.83. The second-order valence-corrected chi connectivity index (χ2v) is 2.75. The van der Waals surface area contributed by atoms with Crippen molar-refractivity contribution in [3.63, 3.8) is 0 Å². The summed E-state index contributed by atoms with van der Waals surface area (Å²) in [5.74, 6) is 5.55. The van der Waals surface area contributed by atoms with Crippen LogP contribution in [0.25, 0.3) is 0 Å². The Kier molecular flexibility index (Phi) is 3.01. The van der Waals surface area contributed by atoms with Gasteiger partial charge in [0.15, 0.2) is 5.11 Å². The van der Waals surface area contributed by atoms with E-state index in [2.05, 4.69) is 10.9 Å². The van der Waals surface area contributed by atoms with Crippen LogP contribution < -0.4 is 16.7 Å². The van der Waals surface area contributed by atoms with E-state index in [1.807, 2.05) is 0 Å². The van der Waals surface area contributed by atoms with Gasteiger partial charge in [0, 0.05) is 6.61 Å². The van der Waals surface area contributed by atoms with Gasteiger partial charge in [-0.3, -0.25) is 10.4 Å². The van der Waals surface area contributed by atoms with Crippen molar-refractivity contribution in [2.24, 2.45) is 5.84 Å². The molecule has 1 rings (SSSR count). The van der Waals surface area contributed by atoms with Gasteiger partial charge in [0.05, 0.1) is 0 Å². The molecule has 1 aliphatic heterocycles. The number of nitrogens with two attached hydrogens (primary N) is 1. The van der Waals surface area contributed by atoms with Crippen LogP contribution >= 0.6 is 12.2 Å². The van der Waals surface area contributed by atoms with Crippen molar-refractivity contribution < 1.29 is 5.11 Å². The maximum absolute atomic E-state index is 8.54. The summed E-state index contributed by atoms with van der Waals surface area (Å²) < 4.78 is 0. The van der Waals surface area contributed by atoms with Crippen LogP contribution in [0.4, 0.5) is 0 Å². The van der Waals surface area contributed by atoms with E-state index in [0.29, 0.717) is 5.11 Å². The minimum absolute atomic E-state index is 0.00894. The molecule has 5 nitrogen and oxygen atoms in total. The molecule has 1 fully saturated rings. The molecule has 0 aromatic rings. The number of thiocarbonyl (C=S) groups is 1. The van der Waals surface area contributed by atoms with Crippen LogP contribution in [0.3, 0.4) is 0 Å². The predicted octanol–water partition coefficient (Wildman–Crippen LogP) is -1.35. The van der Waals surface area contributed by atoms with E-state index in [4.69, 9.17) is 23.2 Å². The number of hydrogen-bond donors (Lipinski definition) is 4. The Morgan fingerprint density at radius 3 is 2.91 bits per heavy atom. The number of rotatable bonds is 3. The third-order valence-electron chi connectivity index (χ3n) is 1.55. The van der Waals surface area contributed by atoms with Crippen molar-refractivity contribution >= 4 is 17.3 Å². The first kappa shape index (κ1) is 8.66. The lowest BCUT2D eigenvalue weighted by Crippen LogP contribution is -2.42. The molecule has 1 saturated heterocycles. The lowest BCUT2D eigenvalue weighted by Gasteiger charge is -2.16. The monoisotopic (exact) mass is 176 g/mol. The second kappa shape index (κ2) is 3.82. The fourth-order valence-corrected chi connectivity index (χ4v) is 1.10. The first-order valence-electron chi connectivity index (χ1n) is 3.46. The molecule has 0 spiro atoms. The van der Waals surface area contributed by atoms with Gasteiger partial charge in [0.25, 0.3) is 0 Å². The van der Waals surface area contributed by atoms with Crippen molar-refractivity contribution in [3.05, 3.63) is 0 Å². The Hall–Kier alpha value is -0.430. The molecule has 1 aliphatic rings. The Morgan fingerprint density at radius 2 is 2.45 bits per heavy atom. The molecule has 0 aromatic carbocycles. The normalized spacial score (nSPS) is 24.0. The van der Waals surface area contributed by atoms with E-state index < -0.39 is 0 Å². The largest absolute Gasteiger partial charge is 0.396 e. The van der Waals surface area contributed by atoms with Crippen molar-refractivity contribution in [2.75, 3.05) is 6.61 Å². The van der Waals surface area contributed by atoms with E-state index in [1.54, 1.807) is 0 Å². The molecule has 0 aromatic heterocycles. The van der Waals surface area contributed by atoms with E-state index in [-0.39, 0.29) is 12.8 Å². The predicted molar refractivity (Wildman–Crippen MR) is 45.0 cm³/mol. The highest BCUT2D eigenvalue weighted by Crippen LogP contribution is 2.03. The number of nitrogens with zero attached hydrogens (tertiary/aromatic N) is 1.